The summed E-state index contributed by atoms with van der Waals surface area (Å²) in [4.78, 5) is 38.2. The van der Waals surface area contributed by atoms with E-state index >= 15 is 0 Å². The average molecular weight is 1020 g/mol. The number of esters is 3. The van der Waals surface area contributed by atoms with E-state index in [4.69, 9.17) is 14.2 Å². The first-order chi connectivity index (χ1) is 36.0. The van der Waals surface area contributed by atoms with E-state index in [1.807, 2.05) is 0 Å². The number of ether oxygens (including phenoxy) is 3. The van der Waals surface area contributed by atoms with E-state index in [1.54, 1.807) is 0 Å². The number of rotatable bonds is 57. The minimum Gasteiger partial charge on any atom is -0.462 e. The molecular weight excluding hydrogens is 901 g/mol. The van der Waals surface area contributed by atoms with Crippen LogP contribution in [0, 0.1) is 0 Å². The first kappa shape index (κ1) is 69.8. The van der Waals surface area contributed by atoms with E-state index in [-0.39, 0.29) is 31.1 Å². The van der Waals surface area contributed by atoms with Crippen LogP contribution in [0.1, 0.15) is 316 Å². The van der Waals surface area contributed by atoms with Crippen molar-refractivity contribution in [2.75, 3.05) is 13.2 Å². The summed E-state index contributed by atoms with van der Waals surface area (Å²) in [6.45, 7) is 6.54. The summed E-state index contributed by atoms with van der Waals surface area (Å²) in [6, 6.07) is 0. The van der Waals surface area contributed by atoms with Crippen molar-refractivity contribution in [3.8, 4) is 0 Å². The van der Waals surface area contributed by atoms with Crippen LogP contribution in [0.25, 0.3) is 0 Å². The quantitative estimate of drug-likeness (QED) is 0.0261. The Bertz CT molecular complexity index is 1360. The van der Waals surface area contributed by atoms with Gasteiger partial charge in [0, 0.05) is 19.3 Å². The molecule has 0 radical (unpaired) electrons. The van der Waals surface area contributed by atoms with Gasteiger partial charge >= 0.3 is 17.9 Å². The molecule has 422 valence electrons. The lowest BCUT2D eigenvalue weighted by atomic mass is 10.0. The molecule has 0 aromatic carbocycles. The fraction of sp³-hybridized carbons (Fsp3) is 0.776. The lowest BCUT2D eigenvalue weighted by Gasteiger charge is -2.18. The van der Waals surface area contributed by atoms with Gasteiger partial charge in [0.05, 0.1) is 0 Å². The van der Waals surface area contributed by atoms with Crippen LogP contribution in [0.15, 0.2) is 72.9 Å². The molecule has 1 atom stereocenters. The number of hydrogen-bond donors (Lipinski definition) is 0. The molecule has 0 heterocycles. The van der Waals surface area contributed by atoms with E-state index in [1.165, 1.54) is 167 Å². The first-order valence-electron chi connectivity index (χ1n) is 31.4. The van der Waals surface area contributed by atoms with Crippen LogP contribution in [0.3, 0.4) is 0 Å². The fourth-order valence-electron chi connectivity index (χ4n) is 9.04. The molecule has 0 amide bonds. The van der Waals surface area contributed by atoms with E-state index in [0.717, 1.165) is 109 Å². The standard InChI is InChI=1S/C67H118O6/c1-4-7-10-13-16-19-22-24-26-28-30-32-33-35-36-38-40-42-45-48-51-54-57-60-66(69)72-63-64(62-71-65(68)59-56-53-50-47-44-21-18-15-12-9-6-3)73-67(70)61-58-55-52-49-46-43-41-39-37-34-31-29-27-25-23-20-17-14-11-8-5-2/h7,10,16,19,24,26,30,32,35-36,40,42,64H,4-6,8-9,11-15,17-18,20-23,25,27-29,31,33-34,37-39,41,43-63H2,1-3H3/b10-7-,19-16-,26-24-,32-30-,36-35-,42-40-. The molecule has 0 aliphatic heterocycles. The lowest BCUT2D eigenvalue weighted by molar-refractivity contribution is -0.167. The van der Waals surface area contributed by atoms with Crippen molar-refractivity contribution >= 4 is 17.9 Å². The van der Waals surface area contributed by atoms with Gasteiger partial charge in [-0.05, 0) is 70.6 Å². The summed E-state index contributed by atoms with van der Waals surface area (Å²) in [5.41, 5.74) is 0. The maximum atomic E-state index is 12.9. The van der Waals surface area contributed by atoms with Crippen molar-refractivity contribution in [1.82, 2.24) is 0 Å². The third kappa shape index (κ3) is 59.6. The Balaban J connectivity index is 4.32. The van der Waals surface area contributed by atoms with Crippen LogP contribution in [0.4, 0.5) is 0 Å². The molecule has 0 fully saturated rings. The molecule has 0 spiro atoms. The van der Waals surface area contributed by atoms with Gasteiger partial charge in [-0.25, -0.2) is 0 Å². The van der Waals surface area contributed by atoms with Crippen LogP contribution in [0.5, 0.6) is 0 Å². The molecule has 73 heavy (non-hydrogen) atoms. The van der Waals surface area contributed by atoms with Gasteiger partial charge in [-0.3, -0.25) is 14.4 Å². The smallest absolute Gasteiger partial charge is 0.306 e. The molecule has 0 aliphatic carbocycles. The summed E-state index contributed by atoms with van der Waals surface area (Å²) in [6.07, 6.45) is 79.1. The van der Waals surface area contributed by atoms with Crippen molar-refractivity contribution in [2.45, 2.75) is 322 Å². The summed E-state index contributed by atoms with van der Waals surface area (Å²) in [7, 11) is 0. The number of carbonyl (C=O) groups is 3. The molecule has 0 saturated carbocycles. The normalized spacial score (nSPS) is 12.5. The molecule has 6 heteroatoms. The summed E-state index contributed by atoms with van der Waals surface area (Å²) in [5.74, 6) is -0.890. The van der Waals surface area contributed by atoms with E-state index in [0.29, 0.717) is 19.3 Å². The number of unbranched alkanes of at least 4 members (excludes halogenated alkanes) is 34. The number of allylic oxidation sites excluding steroid dienone is 12. The predicted octanol–water partition coefficient (Wildman–Crippen LogP) is 21.3. The van der Waals surface area contributed by atoms with Gasteiger partial charge in [-0.1, -0.05) is 299 Å². The molecule has 6 nitrogen and oxygen atoms in total. The molecule has 0 aliphatic rings. The predicted molar refractivity (Wildman–Crippen MR) is 316 cm³/mol. The highest BCUT2D eigenvalue weighted by molar-refractivity contribution is 5.71. The minimum absolute atomic E-state index is 0.0796. The Labute approximate surface area is 453 Å². The topological polar surface area (TPSA) is 78.9 Å². The van der Waals surface area contributed by atoms with Crippen LogP contribution in [-0.2, 0) is 28.6 Å². The molecular formula is C67H118O6. The summed E-state index contributed by atoms with van der Waals surface area (Å²) < 4.78 is 16.9. The van der Waals surface area contributed by atoms with Crippen LogP contribution < -0.4 is 0 Å². The summed E-state index contributed by atoms with van der Waals surface area (Å²) >= 11 is 0. The maximum Gasteiger partial charge on any atom is 0.306 e. The SMILES string of the molecule is CC/C=C\C/C=C\C/C=C\C/C=C\C/C=C\C/C=C\CCCCCCC(=O)OCC(COC(=O)CCCCCCCCCCCCC)OC(=O)CCCCCCCCCCCCCCCCCCCCCCC. The second-order valence-corrected chi connectivity index (χ2v) is 21.0. The molecule has 0 N–H and O–H groups in total. The molecule has 0 rings (SSSR count). The van der Waals surface area contributed by atoms with E-state index in [2.05, 4.69) is 93.7 Å². The number of carbonyl (C=O) groups excluding carboxylic acids is 3. The zero-order chi connectivity index (χ0) is 52.9. The Morgan fingerprint density at radius 3 is 0.836 bits per heavy atom. The Kier molecular flexibility index (Phi) is 58.7. The van der Waals surface area contributed by atoms with Gasteiger partial charge < -0.3 is 14.2 Å². The van der Waals surface area contributed by atoms with Gasteiger partial charge in [-0.2, -0.15) is 0 Å². The minimum atomic E-state index is -0.783. The third-order valence-electron chi connectivity index (χ3n) is 13.7. The van der Waals surface area contributed by atoms with Crippen molar-refractivity contribution in [2.24, 2.45) is 0 Å². The van der Waals surface area contributed by atoms with E-state index < -0.39 is 6.10 Å². The fourth-order valence-corrected chi connectivity index (χ4v) is 9.04. The van der Waals surface area contributed by atoms with Gasteiger partial charge in [-0.15, -0.1) is 0 Å². The van der Waals surface area contributed by atoms with Crippen LogP contribution in [0.2, 0.25) is 0 Å². The maximum absolute atomic E-state index is 12.9. The highest BCUT2D eigenvalue weighted by atomic mass is 16.6. The zero-order valence-electron chi connectivity index (χ0n) is 48.4. The molecule has 0 saturated heterocycles. The van der Waals surface area contributed by atoms with Crippen molar-refractivity contribution in [3.63, 3.8) is 0 Å². The highest BCUT2D eigenvalue weighted by Gasteiger charge is 2.19. The van der Waals surface area contributed by atoms with Gasteiger partial charge in [0.2, 0.25) is 0 Å². The van der Waals surface area contributed by atoms with Crippen LogP contribution >= 0.6 is 0 Å². The molecule has 0 aromatic rings. The Morgan fingerprint density at radius 1 is 0.288 bits per heavy atom. The largest absolute Gasteiger partial charge is 0.462 e. The number of hydrogen-bond acceptors (Lipinski definition) is 6. The Hall–Kier alpha value is -3.15. The van der Waals surface area contributed by atoms with Gasteiger partial charge in [0.1, 0.15) is 13.2 Å². The third-order valence-corrected chi connectivity index (χ3v) is 13.7. The van der Waals surface area contributed by atoms with E-state index in [9.17, 15) is 14.4 Å². The van der Waals surface area contributed by atoms with Crippen LogP contribution in [-0.4, -0.2) is 37.2 Å². The van der Waals surface area contributed by atoms with Gasteiger partial charge in [0.15, 0.2) is 6.10 Å². The highest BCUT2D eigenvalue weighted by Crippen LogP contribution is 2.17. The second-order valence-electron chi connectivity index (χ2n) is 21.0. The first-order valence-corrected chi connectivity index (χ1v) is 31.4. The monoisotopic (exact) mass is 1020 g/mol. The molecule has 1 unspecified atom stereocenters. The van der Waals surface area contributed by atoms with Crippen molar-refractivity contribution < 1.29 is 28.6 Å². The molecule has 0 bridgehead atoms. The lowest BCUT2D eigenvalue weighted by Crippen LogP contribution is -2.30. The van der Waals surface area contributed by atoms with Crippen molar-refractivity contribution in [3.05, 3.63) is 72.9 Å². The Morgan fingerprint density at radius 2 is 0.534 bits per heavy atom. The average Bonchev–Trinajstić information content (AvgIpc) is 3.39. The van der Waals surface area contributed by atoms with Crippen molar-refractivity contribution in [1.29, 1.82) is 0 Å². The van der Waals surface area contributed by atoms with Gasteiger partial charge in [0.25, 0.3) is 0 Å². The summed E-state index contributed by atoms with van der Waals surface area (Å²) in [5, 5.41) is 0. The zero-order valence-corrected chi connectivity index (χ0v) is 48.4. The second kappa shape index (κ2) is 61.4. The molecule has 0 aromatic heterocycles.